The van der Waals surface area contributed by atoms with Gasteiger partial charge in [0.05, 0.1) is 19.3 Å². The summed E-state index contributed by atoms with van der Waals surface area (Å²) in [6, 6.07) is 6.37. The maximum Gasteiger partial charge on any atom is 0.221 e. The van der Waals surface area contributed by atoms with Crippen LogP contribution in [0, 0.1) is 5.82 Å². The van der Waals surface area contributed by atoms with Gasteiger partial charge in [0.25, 0.3) is 0 Å². The zero-order valence-corrected chi connectivity index (χ0v) is 12.3. The van der Waals surface area contributed by atoms with E-state index in [0.29, 0.717) is 31.6 Å². The first kappa shape index (κ1) is 17.6. The number of benzene rings is 1. The molecule has 0 aliphatic heterocycles. The highest BCUT2D eigenvalue weighted by Crippen LogP contribution is 2.07. The van der Waals surface area contributed by atoms with Crippen molar-refractivity contribution in [3.05, 3.63) is 35.6 Å². The SMILES string of the molecule is CCNC(=O)CCNCC(O)COCc1ccccc1F. The van der Waals surface area contributed by atoms with E-state index in [2.05, 4.69) is 10.6 Å². The van der Waals surface area contributed by atoms with Crippen LogP contribution in [0.15, 0.2) is 24.3 Å². The number of amides is 1. The Kier molecular flexibility index (Phi) is 8.57. The smallest absolute Gasteiger partial charge is 0.221 e. The van der Waals surface area contributed by atoms with E-state index in [9.17, 15) is 14.3 Å². The summed E-state index contributed by atoms with van der Waals surface area (Å²) < 4.78 is 18.6. The summed E-state index contributed by atoms with van der Waals surface area (Å²) in [6.07, 6.45) is -0.317. The molecule has 0 bridgehead atoms. The first-order chi connectivity index (χ1) is 10.1. The van der Waals surface area contributed by atoms with Crippen LogP contribution >= 0.6 is 0 Å². The Labute approximate surface area is 124 Å². The van der Waals surface area contributed by atoms with Crippen LogP contribution in [0.5, 0.6) is 0 Å². The van der Waals surface area contributed by atoms with Gasteiger partial charge in [-0.25, -0.2) is 4.39 Å². The molecule has 1 aromatic carbocycles. The molecule has 1 amide bonds. The molecule has 0 fully saturated rings. The molecular weight excluding hydrogens is 275 g/mol. The number of rotatable bonds is 10. The lowest BCUT2D eigenvalue weighted by Gasteiger charge is -2.12. The fourth-order valence-corrected chi connectivity index (χ4v) is 1.74. The molecule has 0 radical (unpaired) electrons. The Bertz CT molecular complexity index is 429. The third-order valence-corrected chi connectivity index (χ3v) is 2.81. The molecule has 6 heteroatoms. The van der Waals surface area contributed by atoms with Gasteiger partial charge >= 0.3 is 0 Å². The molecule has 1 atom stereocenters. The molecule has 5 nitrogen and oxygen atoms in total. The fraction of sp³-hybridized carbons (Fsp3) is 0.533. The standard InChI is InChI=1S/C15H23FN2O3/c1-2-18-15(20)7-8-17-9-13(19)11-21-10-12-5-3-4-6-14(12)16/h3-6,13,17,19H,2,7-11H2,1H3,(H,18,20). The summed E-state index contributed by atoms with van der Waals surface area (Å²) in [6.45, 7) is 3.55. The molecule has 118 valence electrons. The first-order valence-corrected chi connectivity index (χ1v) is 7.10. The van der Waals surface area contributed by atoms with E-state index >= 15 is 0 Å². The molecular formula is C15H23FN2O3. The van der Waals surface area contributed by atoms with E-state index in [1.165, 1.54) is 6.07 Å². The van der Waals surface area contributed by atoms with Crippen LogP contribution in [0.4, 0.5) is 4.39 Å². The van der Waals surface area contributed by atoms with Gasteiger partial charge in [-0.15, -0.1) is 0 Å². The van der Waals surface area contributed by atoms with Crippen LogP contribution in [0.2, 0.25) is 0 Å². The molecule has 1 unspecified atom stereocenters. The summed E-state index contributed by atoms with van der Waals surface area (Å²) in [4.78, 5) is 11.2. The van der Waals surface area contributed by atoms with Crippen molar-refractivity contribution in [3.63, 3.8) is 0 Å². The molecule has 21 heavy (non-hydrogen) atoms. The monoisotopic (exact) mass is 298 g/mol. The third kappa shape index (κ3) is 7.75. The topological polar surface area (TPSA) is 70.6 Å². The number of hydrogen-bond acceptors (Lipinski definition) is 4. The van der Waals surface area contributed by atoms with E-state index in [4.69, 9.17) is 4.74 Å². The normalized spacial score (nSPS) is 12.1. The highest BCUT2D eigenvalue weighted by molar-refractivity contribution is 5.75. The van der Waals surface area contributed by atoms with E-state index in [1.807, 2.05) is 6.92 Å². The lowest BCUT2D eigenvalue weighted by Crippen LogP contribution is -2.33. The van der Waals surface area contributed by atoms with Gasteiger partial charge in [-0.2, -0.15) is 0 Å². The number of carbonyl (C=O) groups excluding carboxylic acids is 1. The average Bonchev–Trinajstić information content (AvgIpc) is 2.46. The molecule has 1 aromatic rings. The van der Waals surface area contributed by atoms with E-state index < -0.39 is 6.10 Å². The number of halogens is 1. The van der Waals surface area contributed by atoms with Gasteiger partial charge < -0.3 is 20.5 Å². The van der Waals surface area contributed by atoms with Crippen LogP contribution < -0.4 is 10.6 Å². The van der Waals surface area contributed by atoms with Gasteiger partial charge in [0.2, 0.25) is 5.91 Å². The second-order valence-electron chi connectivity index (χ2n) is 4.67. The van der Waals surface area contributed by atoms with Crippen LogP contribution in [-0.2, 0) is 16.1 Å². The lowest BCUT2D eigenvalue weighted by atomic mass is 10.2. The molecule has 0 aliphatic rings. The molecule has 0 spiro atoms. The maximum absolute atomic E-state index is 13.3. The molecule has 0 aromatic heterocycles. The van der Waals surface area contributed by atoms with Crippen LogP contribution in [0.3, 0.4) is 0 Å². The zero-order chi connectivity index (χ0) is 15.5. The highest BCUT2D eigenvalue weighted by atomic mass is 19.1. The fourth-order valence-electron chi connectivity index (χ4n) is 1.74. The van der Waals surface area contributed by atoms with Crippen LogP contribution in [-0.4, -0.2) is 43.4 Å². The third-order valence-electron chi connectivity index (χ3n) is 2.81. The van der Waals surface area contributed by atoms with Crippen molar-refractivity contribution >= 4 is 5.91 Å². The Morgan fingerprint density at radius 1 is 1.43 bits per heavy atom. The molecule has 0 aliphatic carbocycles. The van der Waals surface area contributed by atoms with Crippen molar-refractivity contribution in [3.8, 4) is 0 Å². The number of nitrogens with one attached hydrogen (secondary N) is 2. The first-order valence-electron chi connectivity index (χ1n) is 7.10. The second kappa shape index (κ2) is 10.3. The second-order valence-corrected chi connectivity index (χ2v) is 4.67. The summed E-state index contributed by atoms with van der Waals surface area (Å²) in [5.41, 5.74) is 0.467. The summed E-state index contributed by atoms with van der Waals surface area (Å²) in [5, 5.41) is 15.3. The molecule has 0 saturated heterocycles. The summed E-state index contributed by atoms with van der Waals surface area (Å²) >= 11 is 0. The van der Waals surface area contributed by atoms with Crippen molar-refractivity contribution in [2.24, 2.45) is 0 Å². The van der Waals surface area contributed by atoms with E-state index in [0.717, 1.165) is 0 Å². The van der Waals surface area contributed by atoms with Gasteiger partial charge in [-0.1, -0.05) is 18.2 Å². The highest BCUT2D eigenvalue weighted by Gasteiger charge is 2.06. The van der Waals surface area contributed by atoms with Crippen molar-refractivity contribution in [2.75, 3.05) is 26.2 Å². The predicted molar refractivity (Wildman–Crippen MR) is 78.2 cm³/mol. The number of aliphatic hydroxyl groups is 1. The Balaban J connectivity index is 2.08. The number of carbonyl (C=O) groups is 1. The zero-order valence-electron chi connectivity index (χ0n) is 12.3. The number of aliphatic hydroxyl groups excluding tert-OH is 1. The van der Waals surface area contributed by atoms with Crippen LogP contribution in [0.25, 0.3) is 0 Å². The minimum atomic E-state index is -0.689. The summed E-state index contributed by atoms with van der Waals surface area (Å²) in [7, 11) is 0. The minimum Gasteiger partial charge on any atom is -0.389 e. The van der Waals surface area contributed by atoms with Gasteiger partial charge in [0.15, 0.2) is 0 Å². The maximum atomic E-state index is 13.3. The van der Waals surface area contributed by atoms with E-state index in [-0.39, 0.29) is 24.9 Å². The molecule has 0 saturated carbocycles. The molecule has 1 rings (SSSR count). The van der Waals surface area contributed by atoms with Crippen molar-refractivity contribution in [1.29, 1.82) is 0 Å². The number of hydrogen-bond donors (Lipinski definition) is 3. The van der Waals surface area contributed by atoms with Gasteiger partial charge in [-0.05, 0) is 13.0 Å². The Hall–Kier alpha value is -1.50. The Morgan fingerprint density at radius 2 is 2.19 bits per heavy atom. The average molecular weight is 298 g/mol. The molecule has 3 N–H and O–H groups in total. The minimum absolute atomic E-state index is 0.0182. The van der Waals surface area contributed by atoms with Crippen molar-refractivity contribution in [1.82, 2.24) is 10.6 Å². The predicted octanol–water partition coefficient (Wildman–Crippen LogP) is 0.819. The van der Waals surface area contributed by atoms with E-state index in [1.54, 1.807) is 18.2 Å². The van der Waals surface area contributed by atoms with Crippen molar-refractivity contribution in [2.45, 2.75) is 26.1 Å². The van der Waals surface area contributed by atoms with Gasteiger partial charge in [0, 0.05) is 31.6 Å². The van der Waals surface area contributed by atoms with Gasteiger partial charge in [0.1, 0.15) is 5.82 Å². The Morgan fingerprint density at radius 3 is 2.90 bits per heavy atom. The number of ether oxygens (including phenoxy) is 1. The largest absolute Gasteiger partial charge is 0.389 e. The lowest BCUT2D eigenvalue weighted by molar-refractivity contribution is -0.120. The quantitative estimate of drug-likeness (QED) is 0.559. The summed E-state index contributed by atoms with van der Waals surface area (Å²) in [5.74, 6) is -0.331. The van der Waals surface area contributed by atoms with Crippen LogP contribution in [0.1, 0.15) is 18.9 Å². The molecule has 0 heterocycles. The van der Waals surface area contributed by atoms with Gasteiger partial charge in [-0.3, -0.25) is 4.79 Å². The van der Waals surface area contributed by atoms with Crippen molar-refractivity contribution < 1.29 is 19.0 Å².